The molecular weight excluding hydrogens is 517 g/mol. The van der Waals surface area contributed by atoms with Crippen molar-refractivity contribution >= 4 is 5.97 Å². The van der Waals surface area contributed by atoms with Gasteiger partial charge in [-0.1, -0.05) is 38.5 Å². The van der Waals surface area contributed by atoms with Gasteiger partial charge in [0.2, 0.25) is 0 Å². The summed E-state index contributed by atoms with van der Waals surface area (Å²) in [6.07, 6.45) is 4.16. The molecule has 1 N–H and O–H groups in total. The predicted molar refractivity (Wildman–Crippen MR) is 145 cm³/mol. The summed E-state index contributed by atoms with van der Waals surface area (Å²) in [6, 6.07) is 11.5. The summed E-state index contributed by atoms with van der Waals surface area (Å²) in [4.78, 5) is 11.6. The Kier molecular flexibility index (Phi) is 6.39. The highest BCUT2D eigenvalue weighted by atomic mass is 19.1. The van der Waals surface area contributed by atoms with E-state index < -0.39 is 28.9 Å². The van der Waals surface area contributed by atoms with Crippen LogP contribution >= 0.6 is 0 Å². The third-order valence-corrected chi connectivity index (χ3v) is 9.58. The molecular formula is C33H33F3O4. The fourth-order valence-corrected chi connectivity index (χ4v) is 7.30. The number of ether oxygens (including phenoxy) is 2. The van der Waals surface area contributed by atoms with Crippen molar-refractivity contribution in [3.8, 4) is 22.6 Å². The Morgan fingerprint density at radius 1 is 1.02 bits per heavy atom. The van der Waals surface area contributed by atoms with Crippen LogP contribution in [-0.4, -0.2) is 18.2 Å². The SMILES string of the molecule is COc1ccc(F)c(-c2ccc(COc3cc(F)c4c(c3F)[C@]3(CC4)C[C@H]3C(=O)O)cc2[C@H]2CCCC2(C)C)c1. The molecule has 0 amide bonds. The molecule has 2 saturated carbocycles. The van der Waals surface area contributed by atoms with E-state index in [0.717, 1.165) is 42.0 Å². The first kappa shape index (κ1) is 26.7. The molecule has 0 bridgehead atoms. The van der Waals surface area contributed by atoms with E-state index in [1.165, 1.54) is 6.07 Å². The normalized spacial score (nSPS) is 24.2. The summed E-state index contributed by atoms with van der Waals surface area (Å²) in [5, 5.41) is 9.51. The molecule has 0 saturated heterocycles. The fraction of sp³-hybridized carbons (Fsp3) is 0.424. The van der Waals surface area contributed by atoms with Gasteiger partial charge in [0.1, 0.15) is 24.0 Å². The lowest BCUT2D eigenvalue weighted by Gasteiger charge is -2.30. The van der Waals surface area contributed by atoms with Gasteiger partial charge >= 0.3 is 5.97 Å². The number of carboxylic acid groups (broad SMARTS) is 1. The summed E-state index contributed by atoms with van der Waals surface area (Å²) in [5.74, 6) is -2.70. The third kappa shape index (κ3) is 4.25. The van der Waals surface area contributed by atoms with E-state index in [1.807, 2.05) is 18.2 Å². The zero-order valence-corrected chi connectivity index (χ0v) is 23.0. The second-order valence-corrected chi connectivity index (χ2v) is 12.3. The number of halogens is 3. The molecule has 210 valence electrons. The number of fused-ring (bicyclic) bond motifs is 2. The van der Waals surface area contributed by atoms with Gasteiger partial charge in [0.25, 0.3) is 0 Å². The molecule has 1 spiro atoms. The second kappa shape index (κ2) is 9.57. The van der Waals surface area contributed by atoms with Crippen molar-refractivity contribution in [2.24, 2.45) is 11.3 Å². The van der Waals surface area contributed by atoms with Gasteiger partial charge in [-0.2, -0.15) is 0 Å². The second-order valence-electron chi connectivity index (χ2n) is 12.3. The van der Waals surface area contributed by atoms with Crippen molar-refractivity contribution in [3.63, 3.8) is 0 Å². The molecule has 3 aliphatic carbocycles. The van der Waals surface area contributed by atoms with Crippen LogP contribution in [0.15, 0.2) is 42.5 Å². The Morgan fingerprint density at radius 3 is 2.50 bits per heavy atom. The molecule has 4 nitrogen and oxygen atoms in total. The molecule has 3 aromatic rings. The van der Waals surface area contributed by atoms with E-state index in [4.69, 9.17) is 9.47 Å². The van der Waals surface area contributed by atoms with Gasteiger partial charge in [-0.05, 0) is 83.9 Å². The molecule has 3 aliphatic rings. The van der Waals surface area contributed by atoms with Crippen LogP contribution < -0.4 is 9.47 Å². The van der Waals surface area contributed by atoms with Crippen molar-refractivity contribution in [2.45, 2.75) is 70.3 Å². The molecule has 0 heterocycles. The van der Waals surface area contributed by atoms with Gasteiger partial charge in [0.15, 0.2) is 11.6 Å². The third-order valence-electron chi connectivity index (χ3n) is 9.58. The molecule has 0 unspecified atom stereocenters. The zero-order valence-electron chi connectivity index (χ0n) is 23.0. The first-order chi connectivity index (χ1) is 19.1. The highest BCUT2D eigenvalue weighted by molar-refractivity contribution is 5.78. The Bertz CT molecular complexity index is 1510. The number of hydrogen-bond acceptors (Lipinski definition) is 3. The van der Waals surface area contributed by atoms with E-state index in [1.54, 1.807) is 19.2 Å². The van der Waals surface area contributed by atoms with Crippen molar-refractivity contribution in [1.82, 2.24) is 0 Å². The maximum absolute atomic E-state index is 15.7. The summed E-state index contributed by atoms with van der Waals surface area (Å²) < 4.78 is 57.0. The zero-order chi connectivity index (χ0) is 28.4. The molecule has 2 fully saturated rings. The van der Waals surface area contributed by atoms with Gasteiger partial charge in [-0.15, -0.1) is 0 Å². The first-order valence-corrected chi connectivity index (χ1v) is 13.9. The lowest BCUT2D eigenvalue weighted by atomic mass is 9.75. The molecule has 0 aromatic heterocycles. The van der Waals surface area contributed by atoms with Crippen LogP contribution in [0.1, 0.15) is 74.1 Å². The van der Waals surface area contributed by atoms with Crippen LogP contribution in [0.2, 0.25) is 0 Å². The molecule has 3 aromatic carbocycles. The summed E-state index contributed by atoms with van der Waals surface area (Å²) >= 11 is 0. The minimum absolute atomic E-state index is 0.00841. The minimum atomic E-state index is -0.978. The van der Waals surface area contributed by atoms with Crippen LogP contribution in [0.3, 0.4) is 0 Å². The van der Waals surface area contributed by atoms with Crippen LogP contribution in [0, 0.1) is 28.8 Å². The molecule has 0 radical (unpaired) electrons. The topological polar surface area (TPSA) is 55.8 Å². The largest absolute Gasteiger partial charge is 0.497 e. The highest BCUT2D eigenvalue weighted by Gasteiger charge is 2.63. The molecule has 40 heavy (non-hydrogen) atoms. The molecule has 0 aliphatic heterocycles. The van der Waals surface area contributed by atoms with Crippen molar-refractivity contribution in [1.29, 1.82) is 0 Å². The minimum Gasteiger partial charge on any atom is -0.497 e. The van der Waals surface area contributed by atoms with Crippen LogP contribution in [0.4, 0.5) is 13.2 Å². The lowest BCUT2D eigenvalue weighted by molar-refractivity contribution is -0.139. The Labute approximate surface area is 232 Å². The number of benzene rings is 3. The van der Waals surface area contributed by atoms with Crippen molar-refractivity contribution < 1.29 is 32.5 Å². The Morgan fingerprint density at radius 2 is 1.82 bits per heavy atom. The number of rotatable bonds is 7. The average Bonchev–Trinajstić information content (AvgIpc) is 3.36. The first-order valence-electron chi connectivity index (χ1n) is 13.9. The standard InChI is InChI=1S/C33H33F3O4/c1-32(2)11-4-5-24(32)22-13-18(6-8-20(22)23-14-19(39-3)7-9-26(23)34)17-40-28-15-27(35)21-10-12-33(29(21)30(28)36)16-25(33)31(37)38/h6-9,13-15,24-25H,4-5,10-12,16-17H2,1-3H3,(H,37,38)/t24-,25+,33-/m1/s1. The van der Waals surface area contributed by atoms with E-state index in [2.05, 4.69) is 13.8 Å². The quantitative estimate of drug-likeness (QED) is 0.325. The van der Waals surface area contributed by atoms with Crippen molar-refractivity contribution in [2.75, 3.05) is 7.11 Å². The number of methoxy groups -OCH3 is 1. The number of aliphatic carboxylic acids is 1. The predicted octanol–water partition coefficient (Wildman–Crippen LogP) is 7.94. The van der Waals surface area contributed by atoms with Crippen molar-refractivity contribution in [3.05, 3.63) is 82.2 Å². The molecule has 3 atom stereocenters. The molecule has 7 heteroatoms. The highest BCUT2D eigenvalue weighted by Crippen LogP contribution is 2.63. The number of hydrogen-bond donors (Lipinski definition) is 1. The van der Waals surface area contributed by atoms with Gasteiger partial charge in [-0.25, -0.2) is 13.2 Å². The van der Waals surface area contributed by atoms with E-state index in [9.17, 15) is 9.90 Å². The molecule has 6 rings (SSSR count). The lowest BCUT2D eigenvalue weighted by Crippen LogP contribution is -2.17. The summed E-state index contributed by atoms with van der Waals surface area (Å²) in [7, 11) is 1.55. The van der Waals surface area contributed by atoms with E-state index in [-0.39, 0.29) is 40.6 Å². The Balaban J connectivity index is 1.35. The maximum atomic E-state index is 15.7. The van der Waals surface area contributed by atoms with Gasteiger partial charge < -0.3 is 14.6 Å². The fourth-order valence-electron chi connectivity index (χ4n) is 7.30. The number of carboxylic acids is 1. The van der Waals surface area contributed by atoms with Crippen LogP contribution in [-0.2, 0) is 23.2 Å². The summed E-state index contributed by atoms with van der Waals surface area (Å²) in [6.45, 7) is 4.44. The monoisotopic (exact) mass is 550 g/mol. The van der Waals surface area contributed by atoms with E-state index in [0.29, 0.717) is 30.6 Å². The van der Waals surface area contributed by atoms with Crippen LogP contribution in [0.25, 0.3) is 11.1 Å². The van der Waals surface area contributed by atoms with E-state index >= 15 is 13.2 Å². The van der Waals surface area contributed by atoms with Gasteiger partial charge in [0.05, 0.1) is 13.0 Å². The smallest absolute Gasteiger partial charge is 0.307 e. The maximum Gasteiger partial charge on any atom is 0.307 e. The van der Waals surface area contributed by atoms with Crippen LogP contribution in [0.5, 0.6) is 11.5 Å². The Hall–Kier alpha value is -3.48. The number of carbonyl (C=O) groups is 1. The van der Waals surface area contributed by atoms with Gasteiger partial charge in [0, 0.05) is 22.6 Å². The average molecular weight is 551 g/mol. The van der Waals surface area contributed by atoms with Gasteiger partial charge in [-0.3, -0.25) is 4.79 Å². The summed E-state index contributed by atoms with van der Waals surface area (Å²) in [5.41, 5.74) is 2.61.